The highest BCUT2D eigenvalue weighted by Crippen LogP contribution is 2.46. The fourth-order valence-electron chi connectivity index (χ4n) is 4.74. The molecular formula is C27H28N4O3. The van der Waals surface area contributed by atoms with Crippen LogP contribution in [0.1, 0.15) is 39.9 Å². The molecule has 1 aliphatic carbocycles. The number of carbonyl (C=O) groups is 2. The molecule has 1 fully saturated rings. The summed E-state index contributed by atoms with van der Waals surface area (Å²) in [5, 5.41) is 13.9. The third-order valence-corrected chi connectivity index (χ3v) is 6.56. The zero-order valence-corrected chi connectivity index (χ0v) is 18.9. The van der Waals surface area contributed by atoms with E-state index in [1.165, 1.54) is 12.8 Å². The summed E-state index contributed by atoms with van der Waals surface area (Å²) in [6.07, 6.45) is 2.30. The van der Waals surface area contributed by atoms with E-state index in [0.29, 0.717) is 24.6 Å². The number of benzene rings is 3. The van der Waals surface area contributed by atoms with E-state index in [0.717, 1.165) is 45.7 Å². The molecule has 34 heavy (non-hydrogen) atoms. The number of carbonyl (C=O) groups excluding carboxylic acids is 1. The first-order valence-corrected chi connectivity index (χ1v) is 11.6. The Morgan fingerprint density at radius 1 is 1.00 bits per heavy atom. The van der Waals surface area contributed by atoms with E-state index in [-0.39, 0.29) is 6.42 Å². The summed E-state index contributed by atoms with van der Waals surface area (Å²) in [5.74, 6) is -0.771. The zero-order valence-electron chi connectivity index (χ0n) is 18.9. The van der Waals surface area contributed by atoms with Crippen molar-refractivity contribution in [3.63, 3.8) is 0 Å². The number of para-hydroxylation sites is 1. The minimum atomic E-state index is -0.884. The van der Waals surface area contributed by atoms with Crippen LogP contribution in [0.15, 0.2) is 60.7 Å². The summed E-state index contributed by atoms with van der Waals surface area (Å²) < 4.78 is 0. The number of carboxylic acid groups (broad SMARTS) is 1. The lowest BCUT2D eigenvalue weighted by Crippen LogP contribution is -2.36. The second-order valence-electron chi connectivity index (χ2n) is 9.09. The van der Waals surface area contributed by atoms with Crippen molar-refractivity contribution >= 4 is 23.3 Å². The number of rotatable bonds is 8. The number of fused-ring (bicyclic) bond motifs is 1. The van der Waals surface area contributed by atoms with Gasteiger partial charge in [-0.15, -0.1) is 0 Å². The molecule has 174 valence electrons. The smallest absolute Gasteiger partial charge is 0.307 e. The van der Waals surface area contributed by atoms with Crippen LogP contribution >= 0.6 is 0 Å². The first-order valence-electron chi connectivity index (χ1n) is 11.6. The average Bonchev–Trinajstić information content (AvgIpc) is 3.57. The molecule has 7 heteroatoms. The lowest BCUT2D eigenvalue weighted by molar-refractivity contribution is -0.136. The van der Waals surface area contributed by atoms with E-state index in [1.54, 1.807) is 0 Å². The standard InChI is InChI=1S/C27H28N4O3/c28-14-18-4-3-6-19(10-18)22-11-21(27(29)34)12-25-23(22)16-30(15-17-8-9-17)31(25)24-7-2-1-5-20(24)13-26(32)33/h1-7,10-12,17H,8-9,13-16,28H2,(H2,29,34)(H,32,33). The van der Waals surface area contributed by atoms with Crippen LogP contribution < -0.4 is 16.5 Å². The Labute approximate surface area is 198 Å². The highest BCUT2D eigenvalue weighted by molar-refractivity contribution is 5.97. The van der Waals surface area contributed by atoms with E-state index in [9.17, 15) is 14.7 Å². The van der Waals surface area contributed by atoms with Crippen molar-refractivity contribution in [1.29, 1.82) is 0 Å². The number of primary amides is 1. The number of carboxylic acids is 1. The summed E-state index contributed by atoms with van der Waals surface area (Å²) >= 11 is 0. The van der Waals surface area contributed by atoms with Gasteiger partial charge in [0.05, 0.1) is 17.8 Å². The maximum Gasteiger partial charge on any atom is 0.307 e. The molecule has 0 radical (unpaired) electrons. The molecule has 1 saturated carbocycles. The monoisotopic (exact) mass is 456 g/mol. The molecular weight excluding hydrogens is 428 g/mol. The van der Waals surface area contributed by atoms with Crippen molar-refractivity contribution in [1.82, 2.24) is 5.01 Å². The van der Waals surface area contributed by atoms with Gasteiger partial charge in [-0.3, -0.25) is 14.6 Å². The number of anilines is 2. The molecule has 3 aromatic rings. The summed E-state index contributed by atoms with van der Waals surface area (Å²) in [6, 6.07) is 19.3. The second-order valence-corrected chi connectivity index (χ2v) is 9.09. The Hall–Kier alpha value is -3.68. The van der Waals surface area contributed by atoms with E-state index in [1.807, 2.05) is 60.7 Å². The van der Waals surface area contributed by atoms with E-state index in [4.69, 9.17) is 11.5 Å². The van der Waals surface area contributed by atoms with Gasteiger partial charge in [-0.1, -0.05) is 36.4 Å². The average molecular weight is 457 g/mol. The summed E-state index contributed by atoms with van der Waals surface area (Å²) in [5.41, 5.74) is 18.5. The highest BCUT2D eigenvalue weighted by Gasteiger charge is 2.36. The third-order valence-electron chi connectivity index (χ3n) is 6.56. The zero-order chi connectivity index (χ0) is 23.8. The summed E-state index contributed by atoms with van der Waals surface area (Å²) in [4.78, 5) is 23.9. The van der Waals surface area contributed by atoms with Crippen molar-refractivity contribution < 1.29 is 14.7 Å². The Morgan fingerprint density at radius 2 is 1.79 bits per heavy atom. The van der Waals surface area contributed by atoms with Gasteiger partial charge < -0.3 is 16.6 Å². The van der Waals surface area contributed by atoms with Gasteiger partial charge in [-0.2, -0.15) is 0 Å². The minimum Gasteiger partial charge on any atom is -0.481 e. The first-order chi connectivity index (χ1) is 16.4. The van der Waals surface area contributed by atoms with Gasteiger partial charge in [0.25, 0.3) is 0 Å². The second kappa shape index (κ2) is 8.93. The molecule has 3 aromatic carbocycles. The normalized spacial score (nSPS) is 15.4. The Kier molecular flexibility index (Phi) is 5.81. The van der Waals surface area contributed by atoms with Crippen molar-refractivity contribution in [3.05, 3.63) is 82.9 Å². The van der Waals surface area contributed by atoms with Crippen molar-refractivity contribution in [3.8, 4) is 11.1 Å². The molecule has 2 aliphatic rings. The molecule has 0 saturated heterocycles. The molecule has 0 unspecified atom stereocenters. The highest BCUT2D eigenvalue weighted by atomic mass is 16.4. The van der Waals surface area contributed by atoms with E-state index < -0.39 is 11.9 Å². The molecule has 1 aliphatic heterocycles. The van der Waals surface area contributed by atoms with Crippen LogP contribution in [0.2, 0.25) is 0 Å². The number of hydrogen-bond donors (Lipinski definition) is 3. The fraction of sp³-hybridized carbons (Fsp3) is 0.259. The predicted molar refractivity (Wildman–Crippen MR) is 131 cm³/mol. The van der Waals surface area contributed by atoms with E-state index >= 15 is 0 Å². The first kappa shape index (κ1) is 22.1. The van der Waals surface area contributed by atoms with Gasteiger partial charge in [-0.25, -0.2) is 5.01 Å². The van der Waals surface area contributed by atoms with Crippen LogP contribution in [0.3, 0.4) is 0 Å². The molecule has 1 amide bonds. The van der Waals surface area contributed by atoms with Crippen molar-refractivity contribution in [2.45, 2.75) is 32.4 Å². The molecule has 0 bridgehead atoms. The van der Waals surface area contributed by atoms with Crippen molar-refractivity contribution in [2.75, 3.05) is 11.6 Å². The quantitative estimate of drug-likeness (QED) is 0.475. The van der Waals surface area contributed by atoms with Gasteiger partial charge in [0.15, 0.2) is 0 Å². The van der Waals surface area contributed by atoms with Crippen LogP contribution in [0.25, 0.3) is 11.1 Å². The SMILES string of the molecule is NCc1cccc(-c2cc(C(N)=O)cc3c2CN(CC2CC2)N3c2ccccc2CC(=O)O)c1. The van der Waals surface area contributed by atoms with Crippen LogP contribution in [-0.2, 0) is 24.3 Å². The molecule has 0 aromatic heterocycles. The van der Waals surface area contributed by atoms with Crippen LogP contribution in [0.4, 0.5) is 11.4 Å². The largest absolute Gasteiger partial charge is 0.481 e. The minimum absolute atomic E-state index is 0.0831. The van der Waals surface area contributed by atoms with Gasteiger partial charge in [0.2, 0.25) is 5.91 Å². The molecule has 7 nitrogen and oxygen atoms in total. The lowest BCUT2D eigenvalue weighted by Gasteiger charge is -2.32. The Morgan fingerprint density at radius 3 is 2.50 bits per heavy atom. The maximum atomic E-state index is 12.3. The number of hydrogen-bond acceptors (Lipinski definition) is 5. The maximum absolute atomic E-state index is 12.3. The van der Waals surface area contributed by atoms with Crippen LogP contribution in [-0.4, -0.2) is 28.5 Å². The molecule has 1 heterocycles. The van der Waals surface area contributed by atoms with Crippen molar-refractivity contribution in [2.24, 2.45) is 17.4 Å². The number of nitrogens with zero attached hydrogens (tertiary/aromatic N) is 2. The number of nitrogens with two attached hydrogens (primary N) is 2. The molecule has 5 rings (SSSR count). The summed E-state index contributed by atoms with van der Waals surface area (Å²) in [6.45, 7) is 1.95. The third kappa shape index (κ3) is 4.27. The fourth-order valence-corrected chi connectivity index (χ4v) is 4.74. The van der Waals surface area contributed by atoms with Crippen LogP contribution in [0, 0.1) is 5.92 Å². The summed E-state index contributed by atoms with van der Waals surface area (Å²) in [7, 11) is 0. The van der Waals surface area contributed by atoms with Crippen LogP contribution in [0.5, 0.6) is 0 Å². The number of amides is 1. The number of aliphatic carboxylic acids is 1. The van der Waals surface area contributed by atoms with Gasteiger partial charge in [-0.05, 0) is 65.3 Å². The van der Waals surface area contributed by atoms with Gasteiger partial charge in [0, 0.05) is 30.8 Å². The predicted octanol–water partition coefficient (Wildman–Crippen LogP) is 3.82. The Balaban J connectivity index is 1.70. The molecule has 0 spiro atoms. The Bertz CT molecular complexity index is 1270. The number of hydrazine groups is 1. The lowest BCUT2D eigenvalue weighted by atomic mass is 9.94. The molecule has 0 atom stereocenters. The molecule has 5 N–H and O–H groups in total. The van der Waals surface area contributed by atoms with Gasteiger partial charge in [0.1, 0.15) is 0 Å². The van der Waals surface area contributed by atoms with E-state index in [2.05, 4.69) is 10.0 Å². The topological polar surface area (TPSA) is 113 Å². The van der Waals surface area contributed by atoms with Gasteiger partial charge >= 0.3 is 5.97 Å².